The van der Waals surface area contributed by atoms with Gasteiger partial charge in [-0.2, -0.15) is 5.10 Å². The third-order valence-corrected chi connectivity index (χ3v) is 2.58. The summed E-state index contributed by atoms with van der Waals surface area (Å²) in [6.45, 7) is 0.606. The van der Waals surface area contributed by atoms with E-state index in [0.29, 0.717) is 17.3 Å². The Bertz CT molecular complexity index is 472. The molecule has 1 aromatic carbocycles. The standard InChI is InChI=1S/C11H13ClN4/c1-16-6-5-8(15-16)7-14-11-9(12)3-2-4-10(11)13/h2-6,14H,7,13H2,1H3. The normalized spacial score (nSPS) is 10.4. The summed E-state index contributed by atoms with van der Waals surface area (Å²) in [6.07, 6.45) is 1.90. The molecule has 4 nitrogen and oxygen atoms in total. The molecule has 0 saturated heterocycles. The van der Waals surface area contributed by atoms with Gasteiger partial charge in [0, 0.05) is 13.2 Å². The van der Waals surface area contributed by atoms with E-state index in [0.717, 1.165) is 11.4 Å². The van der Waals surface area contributed by atoms with Crippen molar-refractivity contribution in [1.29, 1.82) is 0 Å². The molecule has 0 spiro atoms. The van der Waals surface area contributed by atoms with Gasteiger partial charge in [-0.15, -0.1) is 0 Å². The largest absolute Gasteiger partial charge is 0.397 e. The second-order valence-electron chi connectivity index (χ2n) is 3.54. The van der Waals surface area contributed by atoms with Gasteiger partial charge in [0.05, 0.1) is 28.6 Å². The molecule has 0 saturated carbocycles. The minimum absolute atomic E-state index is 0.606. The SMILES string of the molecule is Cn1ccc(CNc2c(N)cccc2Cl)n1. The number of anilines is 2. The number of hydrogen-bond donors (Lipinski definition) is 2. The van der Waals surface area contributed by atoms with E-state index in [1.807, 2.05) is 31.4 Å². The third kappa shape index (κ3) is 2.28. The molecule has 0 amide bonds. The van der Waals surface area contributed by atoms with Gasteiger partial charge in [-0.05, 0) is 18.2 Å². The highest BCUT2D eigenvalue weighted by molar-refractivity contribution is 6.33. The van der Waals surface area contributed by atoms with E-state index in [2.05, 4.69) is 10.4 Å². The summed E-state index contributed by atoms with van der Waals surface area (Å²) in [7, 11) is 1.88. The smallest absolute Gasteiger partial charge is 0.0815 e. The molecular weight excluding hydrogens is 224 g/mol. The minimum atomic E-state index is 0.606. The summed E-state index contributed by atoms with van der Waals surface area (Å²) in [4.78, 5) is 0. The van der Waals surface area contributed by atoms with E-state index in [9.17, 15) is 0 Å². The van der Waals surface area contributed by atoms with E-state index in [-0.39, 0.29) is 0 Å². The van der Waals surface area contributed by atoms with Gasteiger partial charge in [0.1, 0.15) is 0 Å². The van der Waals surface area contributed by atoms with Crippen molar-refractivity contribution in [2.24, 2.45) is 7.05 Å². The Morgan fingerprint density at radius 3 is 2.88 bits per heavy atom. The highest BCUT2D eigenvalue weighted by Crippen LogP contribution is 2.27. The van der Waals surface area contributed by atoms with Crippen molar-refractivity contribution in [3.05, 3.63) is 41.2 Å². The lowest BCUT2D eigenvalue weighted by molar-refractivity contribution is 0.747. The first kappa shape index (κ1) is 10.8. The molecule has 1 heterocycles. The van der Waals surface area contributed by atoms with Crippen molar-refractivity contribution in [2.75, 3.05) is 11.1 Å². The predicted molar refractivity (Wildman–Crippen MR) is 66.4 cm³/mol. The van der Waals surface area contributed by atoms with Gasteiger partial charge < -0.3 is 11.1 Å². The molecule has 0 unspecified atom stereocenters. The molecule has 1 aromatic heterocycles. The van der Waals surface area contributed by atoms with Gasteiger partial charge in [-0.25, -0.2) is 0 Å². The average Bonchev–Trinajstić information content (AvgIpc) is 2.63. The van der Waals surface area contributed by atoms with Crippen LogP contribution in [0.4, 0.5) is 11.4 Å². The van der Waals surface area contributed by atoms with E-state index in [1.165, 1.54) is 0 Å². The second kappa shape index (κ2) is 4.45. The molecular formula is C11H13ClN4. The maximum atomic E-state index is 6.03. The van der Waals surface area contributed by atoms with Crippen LogP contribution in [-0.4, -0.2) is 9.78 Å². The first-order valence-corrected chi connectivity index (χ1v) is 5.31. The monoisotopic (exact) mass is 236 g/mol. The fourth-order valence-corrected chi connectivity index (χ4v) is 1.71. The number of aryl methyl sites for hydroxylation is 1. The summed E-state index contributed by atoms with van der Waals surface area (Å²) in [5, 5.41) is 8.05. The summed E-state index contributed by atoms with van der Waals surface area (Å²) in [6, 6.07) is 7.38. The highest BCUT2D eigenvalue weighted by Gasteiger charge is 2.04. The molecule has 0 radical (unpaired) electrons. The average molecular weight is 237 g/mol. The number of nitrogens with two attached hydrogens (primary N) is 1. The fourth-order valence-electron chi connectivity index (χ4n) is 1.46. The van der Waals surface area contributed by atoms with Gasteiger partial charge in [0.2, 0.25) is 0 Å². The van der Waals surface area contributed by atoms with E-state index in [1.54, 1.807) is 10.7 Å². The Morgan fingerprint density at radius 1 is 1.44 bits per heavy atom. The molecule has 0 aliphatic heterocycles. The van der Waals surface area contributed by atoms with E-state index >= 15 is 0 Å². The van der Waals surface area contributed by atoms with Crippen LogP contribution < -0.4 is 11.1 Å². The van der Waals surface area contributed by atoms with Crippen LogP contribution in [0.15, 0.2) is 30.5 Å². The fraction of sp³-hybridized carbons (Fsp3) is 0.182. The van der Waals surface area contributed by atoms with Crippen LogP contribution in [0.5, 0.6) is 0 Å². The van der Waals surface area contributed by atoms with Crippen LogP contribution in [0.25, 0.3) is 0 Å². The van der Waals surface area contributed by atoms with Gasteiger partial charge in [-0.3, -0.25) is 4.68 Å². The number of benzene rings is 1. The zero-order valence-corrected chi connectivity index (χ0v) is 9.70. The summed E-state index contributed by atoms with van der Waals surface area (Å²) < 4.78 is 1.76. The lowest BCUT2D eigenvalue weighted by atomic mass is 10.2. The quantitative estimate of drug-likeness (QED) is 0.804. The Hall–Kier alpha value is -1.68. The van der Waals surface area contributed by atoms with Crippen molar-refractivity contribution in [3.63, 3.8) is 0 Å². The van der Waals surface area contributed by atoms with Crippen molar-refractivity contribution in [2.45, 2.75) is 6.54 Å². The second-order valence-corrected chi connectivity index (χ2v) is 3.95. The molecule has 0 atom stereocenters. The first-order chi connectivity index (χ1) is 7.66. The number of halogens is 1. The zero-order chi connectivity index (χ0) is 11.5. The number of hydrogen-bond acceptors (Lipinski definition) is 3. The van der Waals surface area contributed by atoms with Crippen LogP contribution >= 0.6 is 11.6 Å². The number of nitrogen functional groups attached to an aromatic ring is 1. The topological polar surface area (TPSA) is 55.9 Å². The molecule has 0 aliphatic carbocycles. The molecule has 5 heteroatoms. The molecule has 2 rings (SSSR count). The molecule has 0 fully saturated rings. The van der Waals surface area contributed by atoms with Crippen LogP contribution in [0.2, 0.25) is 5.02 Å². The van der Waals surface area contributed by atoms with E-state index in [4.69, 9.17) is 17.3 Å². The number of aromatic nitrogens is 2. The Balaban J connectivity index is 2.10. The number of para-hydroxylation sites is 1. The van der Waals surface area contributed by atoms with Gasteiger partial charge >= 0.3 is 0 Å². The van der Waals surface area contributed by atoms with Gasteiger partial charge in [-0.1, -0.05) is 17.7 Å². The summed E-state index contributed by atoms with van der Waals surface area (Å²) in [5.74, 6) is 0. The van der Waals surface area contributed by atoms with Crippen LogP contribution in [0.3, 0.4) is 0 Å². The Morgan fingerprint density at radius 2 is 2.25 bits per heavy atom. The van der Waals surface area contributed by atoms with Crippen molar-refractivity contribution >= 4 is 23.0 Å². The third-order valence-electron chi connectivity index (χ3n) is 2.26. The molecule has 84 valence electrons. The van der Waals surface area contributed by atoms with E-state index < -0.39 is 0 Å². The zero-order valence-electron chi connectivity index (χ0n) is 8.94. The molecule has 3 N–H and O–H groups in total. The highest BCUT2D eigenvalue weighted by atomic mass is 35.5. The predicted octanol–water partition coefficient (Wildman–Crippen LogP) is 2.27. The van der Waals surface area contributed by atoms with Gasteiger partial charge in [0.25, 0.3) is 0 Å². The molecule has 0 bridgehead atoms. The van der Waals surface area contributed by atoms with Gasteiger partial charge in [0.15, 0.2) is 0 Å². The number of nitrogens with one attached hydrogen (secondary N) is 1. The first-order valence-electron chi connectivity index (χ1n) is 4.93. The summed E-state index contributed by atoms with van der Waals surface area (Å²) >= 11 is 6.03. The Labute approximate surface area is 99.0 Å². The lowest BCUT2D eigenvalue weighted by Crippen LogP contribution is -2.04. The van der Waals surface area contributed by atoms with Crippen LogP contribution in [0.1, 0.15) is 5.69 Å². The Kier molecular flexibility index (Phi) is 3.01. The number of nitrogens with zero attached hydrogens (tertiary/aromatic N) is 2. The minimum Gasteiger partial charge on any atom is -0.397 e. The van der Waals surface area contributed by atoms with Crippen molar-refractivity contribution in [1.82, 2.24) is 9.78 Å². The summed E-state index contributed by atoms with van der Waals surface area (Å²) in [5.41, 5.74) is 8.17. The maximum Gasteiger partial charge on any atom is 0.0815 e. The molecule has 0 aliphatic rings. The number of rotatable bonds is 3. The lowest BCUT2D eigenvalue weighted by Gasteiger charge is -2.09. The van der Waals surface area contributed by atoms with Crippen LogP contribution in [-0.2, 0) is 13.6 Å². The molecule has 2 aromatic rings. The van der Waals surface area contributed by atoms with Crippen LogP contribution in [0, 0.1) is 0 Å². The molecule has 16 heavy (non-hydrogen) atoms. The maximum absolute atomic E-state index is 6.03. The van der Waals surface area contributed by atoms with Crippen molar-refractivity contribution in [3.8, 4) is 0 Å². The van der Waals surface area contributed by atoms with Crippen molar-refractivity contribution < 1.29 is 0 Å².